The van der Waals surface area contributed by atoms with Crippen LogP contribution in [0.1, 0.15) is 50.8 Å². The topological polar surface area (TPSA) is 54.5 Å². The van der Waals surface area contributed by atoms with Gasteiger partial charge in [-0.3, -0.25) is 9.80 Å². The highest BCUT2D eigenvalue weighted by Gasteiger charge is 2.17. The summed E-state index contributed by atoms with van der Waals surface area (Å²) in [7, 11) is 0. The lowest BCUT2D eigenvalue weighted by molar-refractivity contribution is 0.0364. The van der Waals surface area contributed by atoms with E-state index >= 15 is 0 Å². The van der Waals surface area contributed by atoms with Crippen LogP contribution >= 0.6 is 0 Å². The third-order valence-electron chi connectivity index (χ3n) is 9.66. The lowest BCUT2D eigenvalue weighted by Gasteiger charge is -2.29. The van der Waals surface area contributed by atoms with E-state index in [4.69, 9.17) is 4.74 Å². The quantitative estimate of drug-likeness (QED) is 0.169. The van der Waals surface area contributed by atoms with Crippen molar-refractivity contribution in [3.05, 3.63) is 83.4 Å². The van der Waals surface area contributed by atoms with E-state index in [1.54, 1.807) is 0 Å². The second kappa shape index (κ2) is 20.4. The summed E-state index contributed by atoms with van der Waals surface area (Å²) in [6.45, 7) is 24.9. The molecule has 1 heterocycles. The summed E-state index contributed by atoms with van der Waals surface area (Å²) in [4.78, 5) is 25.7. The molecule has 3 aromatic carbocycles. The normalized spacial score (nSPS) is 14.0. The van der Waals surface area contributed by atoms with Crippen LogP contribution in [-0.4, -0.2) is 122 Å². The van der Waals surface area contributed by atoms with Gasteiger partial charge in [0.25, 0.3) is 0 Å². The fourth-order valence-corrected chi connectivity index (χ4v) is 6.44. The van der Waals surface area contributed by atoms with Crippen LogP contribution in [-0.2, 0) is 24.4 Å². The molecule has 47 heavy (non-hydrogen) atoms. The summed E-state index contributed by atoms with van der Waals surface area (Å²) < 4.78 is 5.53. The molecule has 0 spiro atoms. The lowest BCUT2D eigenvalue weighted by atomic mass is 10.0. The molecule has 1 saturated heterocycles. The molecule has 0 unspecified atom stereocenters. The minimum atomic E-state index is -0.0111. The Hall–Kier alpha value is -3.01. The van der Waals surface area contributed by atoms with Crippen LogP contribution in [0.5, 0.6) is 0 Å². The first-order valence-electron chi connectivity index (χ1n) is 18.1. The van der Waals surface area contributed by atoms with Crippen molar-refractivity contribution in [2.75, 3.05) is 91.8 Å². The number of carbonyl (C=O) groups is 1. The van der Waals surface area contributed by atoms with E-state index in [0.717, 1.165) is 104 Å². The monoisotopic (exact) mass is 644 g/mol. The van der Waals surface area contributed by atoms with E-state index in [-0.39, 0.29) is 6.03 Å². The van der Waals surface area contributed by atoms with Gasteiger partial charge in [0, 0.05) is 72.0 Å². The highest BCUT2D eigenvalue weighted by Crippen LogP contribution is 2.19. The molecule has 8 nitrogen and oxygen atoms in total. The number of likely N-dealkylation sites (N-methyl/N-ethyl adjacent to an activating group) is 2. The number of fused-ring (bicyclic) bond motifs is 1. The Kier molecular flexibility index (Phi) is 16.0. The van der Waals surface area contributed by atoms with Crippen LogP contribution in [0.15, 0.2) is 66.7 Å². The predicted molar refractivity (Wildman–Crippen MR) is 196 cm³/mol. The first kappa shape index (κ1) is 36.8. The van der Waals surface area contributed by atoms with Crippen LogP contribution in [0, 0.1) is 0 Å². The van der Waals surface area contributed by atoms with Crippen molar-refractivity contribution < 1.29 is 9.53 Å². The summed E-state index contributed by atoms with van der Waals surface area (Å²) in [6.07, 6.45) is 0.938. The van der Waals surface area contributed by atoms with Gasteiger partial charge in [0.05, 0.1) is 13.2 Å². The molecule has 0 bridgehead atoms. The number of rotatable bonds is 20. The van der Waals surface area contributed by atoms with Crippen molar-refractivity contribution in [1.82, 2.24) is 29.8 Å². The Morgan fingerprint density at radius 3 is 1.91 bits per heavy atom. The molecule has 0 aliphatic carbocycles. The zero-order valence-corrected chi connectivity index (χ0v) is 29.6. The first-order chi connectivity index (χ1) is 23.0. The highest BCUT2D eigenvalue weighted by molar-refractivity contribution is 5.86. The Morgan fingerprint density at radius 1 is 0.702 bits per heavy atom. The second-order valence-electron chi connectivity index (χ2n) is 12.7. The van der Waals surface area contributed by atoms with Gasteiger partial charge in [0.2, 0.25) is 0 Å². The number of hydrogen-bond donors (Lipinski definition) is 1. The molecule has 0 atom stereocenters. The van der Waals surface area contributed by atoms with Gasteiger partial charge in [-0.2, -0.15) is 0 Å². The molecule has 0 saturated carbocycles. The third kappa shape index (κ3) is 12.2. The maximum Gasteiger partial charge on any atom is 0.317 e. The smallest absolute Gasteiger partial charge is 0.317 e. The second-order valence-corrected chi connectivity index (χ2v) is 12.7. The predicted octanol–water partition coefficient (Wildman–Crippen LogP) is 5.76. The molecular weight excluding hydrogens is 584 g/mol. The molecule has 258 valence electrons. The van der Waals surface area contributed by atoms with Crippen molar-refractivity contribution in [3.63, 3.8) is 0 Å². The van der Waals surface area contributed by atoms with Crippen LogP contribution in [0.2, 0.25) is 0 Å². The fraction of sp³-hybridized carbons (Fsp3) is 0.564. The lowest BCUT2D eigenvalue weighted by Crippen LogP contribution is -2.42. The van der Waals surface area contributed by atoms with E-state index in [1.807, 2.05) is 4.90 Å². The fourth-order valence-electron chi connectivity index (χ4n) is 6.44. The van der Waals surface area contributed by atoms with Gasteiger partial charge < -0.3 is 24.8 Å². The van der Waals surface area contributed by atoms with Crippen molar-refractivity contribution in [2.24, 2.45) is 0 Å². The van der Waals surface area contributed by atoms with E-state index in [2.05, 4.69) is 119 Å². The molecule has 4 rings (SSSR count). The molecule has 8 heteroatoms. The van der Waals surface area contributed by atoms with Gasteiger partial charge in [0.15, 0.2) is 0 Å². The SMILES string of the molecule is CCN(CC)CCN(CCN(CC)CC)Cc1ccc(CN(CCCN2CCOCC2)C(=O)NCc2cccc3ccccc23)cc1. The Labute approximate surface area is 284 Å². The number of benzene rings is 3. The molecule has 1 aliphatic rings. The molecular formula is C39H60N6O2. The molecule has 1 N–H and O–H groups in total. The highest BCUT2D eigenvalue weighted by atomic mass is 16.5. The van der Waals surface area contributed by atoms with Gasteiger partial charge in [0.1, 0.15) is 0 Å². The first-order valence-corrected chi connectivity index (χ1v) is 18.1. The van der Waals surface area contributed by atoms with Crippen molar-refractivity contribution >= 4 is 16.8 Å². The van der Waals surface area contributed by atoms with Gasteiger partial charge >= 0.3 is 6.03 Å². The molecule has 1 aliphatic heterocycles. The Bertz CT molecular complexity index is 1280. The third-order valence-corrected chi connectivity index (χ3v) is 9.66. The van der Waals surface area contributed by atoms with Gasteiger partial charge in [-0.25, -0.2) is 4.79 Å². The molecule has 1 fully saturated rings. The van der Waals surface area contributed by atoms with Gasteiger partial charge in [-0.1, -0.05) is 94.4 Å². The number of amides is 2. The van der Waals surface area contributed by atoms with Crippen molar-refractivity contribution in [2.45, 2.75) is 53.8 Å². The molecule has 2 amide bonds. The van der Waals surface area contributed by atoms with Crippen LogP contribution in [0.4, 0.5) is 4.79 Å². The summed E-state index contributed by atoms with van der Waals surface area (Å²) in [5.74, 6) is 0. The van der Waals surface area contributed by atoms with E-state index in [9.17, 15) is 4.79 Å². The van der Waals surface area contributed by atoms with Crippen molar-refractivity contribution in [3.8, 4) is 0 Å². The maximum absolute atomic E-state index is 13.7. The van der Waals surface area contributed by atoms with Crippen LogP contribution in [0.25, 0.3) is 10.8 Å². The number of nitrogens with one attached hydrogen (secondary N) is 1. The van der Waals surface area contributed by atoms with E-state index in [0.29, 0.717) is 19.6 Å². The van der Waals surface area contributed by atoms with E-state index in [1.165, 1.54) is 21.9 Å². The number of morpholine rings is 1. The van der Waals surface area contributed by atoms with Crippen LogP contribution < -0.4 is 5.32 Å². The standard InChI is InChI=1S/C39H60N6O2/c1-5-41(6-2)23-25-44(26-24-42(7-3)8-4)32-34-17-19-35(20-18-34)33-45(22-12-21-43-27-29-47-30-28-43)39(46)40-31-37-15-11-14-36-13-9-10-16-38(36)37/h9-11,13-20H,5-8,12,21-33H2,1-4H3,(H,40,46). The average Bonchev–Trinajstić information content (AvgIpc) is 3.12. The number of ether oxygens (including phenoxy) is 1. The summed E-state index contributed by atoms with van der Waals surface area (Å²) in [5.41, 5.74) is 3.63. The van der Waals surface area contributed by atoms with Crippen LogP contribution in [0.3, 0.4) is 0 Å². The number of carbonyl (C=O) groups excluding carboxylic acids is 1. The number of hydrogen-bond acceptors (Lipinski definition) is 6. The van der Waals surface area contributed by atoms with E-state index < -0.39 is 0 Å². The Morgan fingerprint density at radius 2 is 1.28 bits per heavy atom. The minimum absolute atomic E-state index is 0.0111. The van der Waals surface area contributed by atoms with Gasteiger partial charge in [-0.15, -0.1) is 0 Å². The largest absolute Gasteiger partial charge is 0.379 e. The Balaban J connectivity index is 1.39. The summed E-state index contributed by atoms with van der Waals surface area (Å²) in [5, 5.41) is 5.63. The maximum atomic E-state index is 13.7. The average molecular weight is 645 g/mol. The number of nitrogens with zero attached hydrogens (tertiary/aromatic N) is 5. The molecule has 0 radical (unpaired) electrons. The van der Waals surface area contributed by atoms with Crippen molar-refractivity contribution in [1.29, 1.82) is 0 Å². The zero-order valence-electron chi connectivity index (χ0n) is 29.6. The minimum Gasteiger partial charge on any atom is -0.379 e. The molecule has 0 aromatic heterocycles. The zero-order chi connectivity index (χ0) is 33.3. The molecule has 3 aromatic rings. The summed E-state index contributed by atoms with van der Waals surface area (Å²) in [6, 6.07) is 23.6. The summed E-state index contributed by atoms with van der Waals surface area (Å²) >= 11 is 0. The number of urea groups is 1. The van der Waals surface area contributed by atoms with Gasteiger partial charge in [-0.05, 0) is 60.1 Å².